The van der Waals surface area contributed by atoms with Gasteiger partial charge in [-0.15, -0.1) is 0 Å². The van der Waals surface area contributed by atoms with E-state index in [0.717, 1.165) is 16.7 Å². The largest absolute Gasteiger partial charge is 0.379 e. The summed E-state index contributed by atoms with van der Waals surface area (Å²) in [5.41, 5.74) is 3.21. The van der Waals surface area contributed by atoms with Crippen molar-refractivity contribution in [3.8, 4) is 0 Å². The fourth-order valence-electron chi connectivity index (χ4n) is 3.57. The summed E-state index contributed by atoms with van der Waals surface area (Å²) in [6.45, 7) is 2.86. The van der Waals surface area contributed by atoms with Gasteiger partial charge in [-0.1, -0.05) is 12.1 Å². The van der Waals surface area contributed by atoms with Crippen LogP contribution in [0.2, 0.25) is 0 Å². The van der Waals surface area contributed by atoms with Crippen LogP contribution < -0.4 is 0 Å². The number of benzene rings is 1. The van der Waals surface area contributed by atoms with Crippen LogP contribution in [-0.2, 0) is 39.1 Å². The molecule has 2 aliphatic heterocycles. The third-order valence-electron chi connectivity index (χ3n) is 5.24. The number of ether oxygens (including phenoxy) is 1. The highest BCUT2D eigenvalue weighted by Gasteiger charge is 2.26. The molecular weight excluding hydrogens is 378 g/mol. The Balaban J connectivity index is 1.34. The van der Waals surface area contributed by atoms with Crippen molar-refractivity contribution in [3.63, 3.8) is 0 Å². The minimum absolute atomic E-state index is 0.0983. The van der Waals surface area contributed by atoms with Gasteiger partial charge in [-0.05, 0) is 41.3 Å². The number of rotatable bonds is 5. The molecule has 0 saturated carbocycles. The molecule has 1 fully saturated rings. The van der Waals surface area contributed by atoms with Crippen LogP contribution in [0.25, 0.3) is 0 Å². The number of hydrogen-bond donors (Lipinski definition) is 0. The number of fused-ring (bicyclic) bond motifs is 1. The molecule has 3 heterocycles. The third kappa shape index (κ3) is 3.94. The molecule has 1 saturated heterocycles. The molecule has 0 atom stereocenters. The maximum absolute atomic E-state index is 12.7. The predicted molar refractivity (Wildman–Crippen MR) is 103 cm³/mol. The average Bonchev–Trinajstić information content (AvgIpc) is 3.17. The molecule has 2 aliphatic rings. The van der Waals surface area contributed by atoms with Crippen LogP contribution in [0.3, 0.4) is 0 Å². The summed E-state index contributed by atoms with van der Waals surface area (Å²) in [5.74, 6) is 0.0983. The lowest BCUT2D eigenvalue weighted by Gasteiger charge is -2.26. The van der Waals surface area contributed by atoms with E-state index in [-0.39, 0.29) is 10.8 Å². The lowest BCUT2D eigenvalue weighted by molar-refractivity contribution is -0.131. The number of aromatic nitrogens is 1. The summed E-state index contributed by atoms with van der Waals surface area (Å²) in [4.78, 5) is 18.7. The van der Waals surface area contributed by atoms with Gasteiger partial charge in [-0.2, -0.15) is 4.31 Å². The first-order chi connectivity index (χ1) is 13.5. The second kappa shape index (κ2) is 7.98. The van der Waals surface area contributed by atoms with Gasteiger partial charge in [0.1, 0.15) is 0 Å². The molecule has 2 aromatic rings. The number of nitrogens with zero attached hydrogens (tertiary/aromatic N) is 3. The number of hydrogen-bond acceptors (Lipinski definition) is 5. The average molecular weight is 401 g/mol. The van der Waals surface area contributed by atoms with Gasteiger partial charge in [0.15, 0.2) is 0 Å². The number of carbonyl (C=O) groups excluding carboxylic acids is 1. The van der Waals surface area contributed by atoms with Crippen LogP contribution in [0.4, 0.5) is 0 Å². The molecule has 0 radical (unpaired) electrons. The zero-order valence-electron chi connectivity index (χ0n) is 15.6. The second-order valence-corrected chi connectivity index (χ2v) is 8.99. The van der Waals surface area contributed by atoms with Gasteiger partial charge < -0.3 is 9.64 Å². The molecule has 1 aromatic carbocycles. The Morgan fingerprint density at radius 1 is 1.04 bits per heavy atom. The highest BCUT2D eigenvalue weighted by atomic mass is 32.2. The number of morpholine rings is 1. The predicted octanol–water partition coefficient (Wildman–Crippen LogP) is 1.58. The normalized spacial score (nSPS) is 17.5. The van der Waals surface area contributed by atoms with Gasteiger partial charge in [-0.25, -0.2) is 8.42 Å². The van der Waals surface area contributed by atoms with Crippen molar-refractivity contribution in [1.82, 2.24) is 14.2 Å². The maximum atomic E-state index is 12.7. The number of carbonyl (C=O) groups is 1. The van der Waals surface area contributed by atoms with Crippen molar-refractivity contribution in [3.05, 3.63) is 59.4 Å². The van der Waals surface area contributed by atoms with Crippen molar-refractivity contribution in [2.24, 2.45) is 0 Å². The van der Waals surface area contributed by atoms with E-state index >= 15 is 0 Å². The van der Waals surface area contributed by atoms with Crippen molar-refractivity contribution >= 4 is 15.9 Å². The van der Waals surface area contributed by atoms with Gasteiger partial charge in [0.2, 0.25) is 15.9 Å². The van der Waals surface area contributed by atoms with Gasteiger partial charge in [0.25, 0.3) is 0 Å². The fourth-order valence-corrected chi connectivity index (χ4v) is 4.98. The van der Waals surface area contributed by atoms with Crippen LogP contribution >= 0.6 is 0 Å². The summed E-state index contributed by atoms with van der Waals surface area (Å²) in [6.07, 6.45) is 4.55. The number of sulfonamides is 1. The van der Waals surface area contributed by atoms with Crippen LogP contribution in [-0.4, -0.2) is 54.8 Å². The van der Waals surface area contributed by atoms with E-state index in [1.54, 1.807) is 30.5 Å². The first kappa shape index (κ1) is 19.0. The maximum Gasteiger partial charge on any atom is 0.243 e. The van der Waals surface area contributed by atoms with Crippen LogP contribution in [0.1, 0.15) is 23.1 Å². The highest BCUT2D eigenvalue weighted by Crippen LogP contribution is 2.23. The number of amides is 1. The second-order valence-electron chi connectivity index (χ2n) is 7.05. The molecule has 0 aliphatic carbocycles. The lowest BCUT2D eigenvalue weighted by Crippen LogP contribution is -2.40. The van der Waals surface area contributed by atoms with Crippen molar-refractivity contribution in [1.29, 1.82) is 0 Å². The van der Waals surface area contributed by atoms with Crippen molar-refractivity contribution in [2.45, 2.75) is 30.8 Å². The van der Waals surface area contributed by atoms with Gasteiger partial charge >= 0.3 is 0 Å². The topological polar surface area (TPSA) is 79.8 Å². The van der Waals surface area contributed by atoms with Crippen LogP contribution in [0.5, 0.6) is 0 Å². The van der Waals surface area contributed by atoms with E-state index in [2.05, 4.69) is 4.98 Å². The molecule has 1 amide bonds. The molecule has 4 rings (SSSR count). The van der Waals surface area contributed by atoms with Gasteiger partial charge in [0, 0.05) is 45.0 Å². The SMILES string of the molecule is O=C(CCc1ccc(S(=O)(=O)N2CCOCC2)cc1)N1Cc2ccncc2C1. The Bertz CT molecular complexity index is 929. The quantitative estimate of drug-likeness (QED) is 0.760. The summed E-state index contributed by atoms with van der Waals surface area (Å²) < 4.78 is 32.0. The van der Waals surface area contributed by atoms with E-state index in [1.165, 1.54) is 4.31 Å². The summed E-state index contributed by atoms with van der Waals surface area (Å²) in [7, 11) is -3.48. The zero-order valence-corrected chi connectivity index (χ0v) is 16.4. The minimum atomic E-state index is -3.48. The molecule has 0 unspecified atom stereocenters. The first-order valence-corrected chi connectivity index (χ1v) is 10.8. The summed E-state index contributed by atoms with van der Waals surface area (Å²) in [5, 5.41) is 0. The monoisotopic (exact) mass is 401 g/mol. The molecule has 7 nitrogen and oxygen atoms in total. The third-order valence-corrected chi connectivity index (χ3v) is 7.15. The Morgan fingerprint density at radius 2 is 1.75 bits per heavy atom. The Hall–Kier alpha value is -2.29. The fraction of sp³-hybridized carbons (Fsp3) is 0.400. The minimum Gasteiger partial charge on any atom is -0.379 e. The lowest BCUT2D eigenvalue weighted by atomic mass is 10.1. The van der Waals surface area contributed by atoms with E-state index in [1.807, 2.05) is 17.2 Å². The molecule has 0 bridgehead atoms. The summed E-state index contributed by atoms with van der Waals surface area (Å²) >= 11 is 0. The Kier molecular flexibility index (Phi) is 5.43. The zero-order chi connectivity index (χ0) is 19.6. The number of pyridine rings is 1. The Morgan fingerprint density at radius 3 is 2.46 bits per heavy atom. The molecular formula is C20H23N3O4S. The molecule has 0 N–H and O–H groups in total. The highest BCUT2D eigenvalue weighted by molar-refractivity contribution is 7.89. The van der Waals surface area contributed by atoms with Gasteiger partial charge in [0.05, 0.1) is 18.1 Å². The Labute approximate surface area is 165 Å². The smallest absolute Gasteiger partial charge is 0.243 e. The first-order valence-electron chi connectivity index (χ1n) is 9.40. The van der Waals surface area contributed by atoms with Crippen LogP contribution in [0, 0.1) is 0 Å². The number of aryl methyl sites for hydroxylation is 1. The van der Waals surface area contributed by atoms with E-state index in [0.29, 0.717) is 52.2 Å². The van der Waals surface area contributed by atoms with Crippen molar-refractivity contribution in [2.75, 3.05) is 26.3 Å². The molecule has 8 heteroatoms. The van der Waals surface area contributed by atoms with E-state index in [4.69, 9.17) is 4.74 Å². The molecule has 28 heavy (non-hydrogen) atoms. The van der Waals surface area contributed by atoms with Crippen molar-refractivity contribution < 1.29 is 17.9 Å². The van der Waals surface area contributed by atoms with E-state index in [9.17, 15) is 13.2 Å². The standard InChI is InChI=1S/C20H23N3O4S/c24-20(22-14-17-7-8-21-13-18(17)15-22)6-3-16-1-4-19(5-2-16)28(25,26)23-9-11-27-12-10-23/h1-2,4-5,7-8,13H,3,6,9-12,14-15H2. The molecule has 148 valence electrons. The summed E-state index contributed by atoms with van der Waals surface area (Å²) in [6, 6.07) is 8.80. The van der Waals surface area contributed by atoms with Gasteiger partial charge in [-0.3, -0.25) is 9.78 Å². The molecule has 1 aromatic heterocycles. The van der Waals surface area contributed by atoms with E-state index < -0.39 is 10.0 Å². The molecule has 0 spiro atoms. The van der Waals surface area contributed by atoms with Crippen LogP contribution in [0.15, 0.2) is 47.6 Å².